The Kier molecular flexibility index (Phi) is 5.31. The number of nitrogens with two attached hydrogens (primary N) is 1. The Labute approximate surface area is 180 Å². The number of aromatic nitrogens is 7. The Morgan fingerprint density at radius 1 is 1.23 bits per heavy atom. The molecule has 10 nitrogen and oxygen atoms in total. The van der Waals surface area contributed by atoms with E-state index in [1.165, 1.54) is 18.0 Å². The molecule has 3 N–H and O–H groups in total. The molecule has 3 heterocycles. The summed E-state index contributed by atoms with van der Waals surface area (Å²) in [6, 6.07) is 7.17. The molecule has 0 aliphatic rings. The van der Waals surface area contributed by atoms with Crippen molar-refractivity contribution >= 4 is 46.3 Å². The van der Waals surface area contributed by atoms with Crippen molar-refractivity contribution in [1.82, 2.24) is 34.7 Å². The zero-order valence-corrected chi connectivity index (χ0v) is 17.9. The van der Waals surface area contributed by atoms with Gasteiger partial charge < -0.3 is 15.6 Å². The van der Waals surface area contributed by atoms with Gasteiger partial charge >= 0.3 is 0 Å². The maximum atomic E-state index is 12.6. The van der Waals surface area contributed by atoms with Crippen LogP contribution in [0.1, 0.15) is 18.0 Å². The number of fused-ring (bicyclic) bond motifs is 1. The molecular weight excluding hydrogens is 426 g/mol. The standard InChI is InChI=1S/C18H18ClN9OS/c1-9(13-22-16(20)26-17(23-13)27(2)3)30-18-24-14-12(15(29)25-18)8-21-28(14)11-6-4-5-10(19)7-11/h4-9H,1-3H3,(H,24,25,29)(H2,20,22,23,26). The zero-order valence-electron chi connectivity index (χ0n) is 16.4. The van der Waals surface area contributed by atoms with E-state index in [-0.39, 0.29) is 16.8 Å². The number of hydrogen-bond acceptors (Lipinski definition) is 9. The highest BCUT2D eigenvalue weighted by atomic mass is 35.5. The summed E-state index contributed by atoms with van der Waals surface area (Å²) < 4.78 is 1.58. The quantitative estimate of drug-likeness (QED) is 0.352. The first-order valence-electron chi connectivity index (χ1n) is 8.91. The number of nitrogens with zero attached hydrogens (tertiary/aromatic N) is 7. The summed E-state index contributed by atoms with van der Waals surface area (Å²) in [5, 5.41) is 5.42. The molecule has 0 amide bonds. The van der Waals surface area contributed by atoms with Crippen LogP contribution in [0.5, 0.6) is 0 Å². The van der Waals surface area contributed by atoms with Crippen LogP contribution in [0.4, 0.5) is 11.9 Å². The van der Waals surface area contributed by atoms with Crippen molar-refractivity contribution in [2.24, 2.45) is 0 Å². The van der Waals surface area contributed by atoms with Crippen molar-refractivity contribution in [3.05, 3.63) is 51.7 Å². The van der Waals surface area contributed by atoms with Crippen LogP contribution in [0.3, 0.4) is 0 Å². The van der Waals surface area contributed by atoms with Gasteiger partial charge in [0.1, 0.15) is 11.2 Å². The van der Waals surface area contributed by atoms with Crippen molar-refractivity contribution in [1.29, 1.82) is 0 Å². The average molecular weight is 444 g/mol. The molecule has 0 aliphatic carbocycles. The van der Waals surface area contributed by atoms with Crippen LogP contribution < -0.4 is 16.2 Å². The number of anilines is 2. The predicted molar refractivity (Wildman–Crippen MR) is 117 cm³/mol. The molecule has 1 atom stereocenters. The molecule has 4 rings (SSSR count). The van der Waals surface area contributed by atoms with Gasteiger partial charge in [-0.1, -0.05) is 29.4 Å². The number of halogens is 1. The Bertz CT molecular complexity index is 1290. The Morgan fingerprint density at radius 2 is 2.03 bits per heavy atom. The molecule has 0 bridgehead atoms. The molecule has 0 spiro atoms. The van der Waals surface area contributed by atoms with Crippen molar-refractivity contribution in [2.75, 3.05) is 24.7 Å². The second kappa shape index (κ2) is 7.92. The lowest BCUT2D eigenvalue weighted by Gasteiger charge is -2.14. The number of H-pyrrole nitrogens is 1. The summed E-state index contributed by atoms with van der Waals surface area (Å²) in [4.78, 5) is 34.4. The molecule has 1 aromatic carbocycles. The van der Waals surface area contributed by atoms with Crippen LogP contribution in [0.25, 0.3) is 16.7 Å². The molecule has 0 aliphatic heterocycles. The normalized spacial score (nSPS) is 12.3. The lowest BCUT2D eigenvalue weighted by Crippen LogP contribution is -2.17. The van der Waals surface area contributed by atoms with Gasteiger partial charge in [-0.25, -0.2) is 9.67 Å². The number of rotatable bonds is 5. The first kappa shape index (κ1) is 20.1. The lowest BCUT2D eigenvalue weighted by molar-refractivity contribution is 0.850. The van der Waals surface area contributed by atoms with E-state index in [0.29, 0.717) is 38.7 Å². The van der Waals surface area contributed by atoms with E-state index < -0.39 is 0 Å². The van der Waals surface area contributed by atoms with E-state index in [0.717, 1.165) is 0 Å². The topological polar surface area (TPSA) is 132 Å². The number of benzene rings is 1. The summed E-state index contributed by atoms with van der Waals surface area (Å²) in [6.07, 6.45) is 1.48. The van der Waals surface area contributed by atoms with Gasteiger partial charge in [0, 0.05) is 19.1 Å². The fraction of sp³-hybridized carbons (Fsp3) is 0.222. The third-order valence-electron chi connectivity index (χ3n) is 4.18. The van der Waals surface area contributed by atoms with Crippen LogP contribution in [-0.4, -0.2) is 48.8 Å². The van der Waals surface area contributed by atoms with E-state index in [1.807, 2.05) is 33.2 Å². The largest absolute Gasteiger partial charge is 0.368 e. The fourth-order valence-corrected chi connectivity index (χ4v) is 3.77. The second-order valence-corrected chi connectivity index (χ2v) is 8.42. The van der Waals surface area contributed by atoms with Crippen LogP contribution >= 0.6 is 23.4 Å². The second-order valence-electron chi connectivity index (χ2n) is 6.65. The molecule has 0 saturated heterocycles. The molecule has 154 valence electrons. The molecule has 30 heavy (non-hydrogen) atoms. The first-order valence-corrected chi connectivity index (χ1v) is 10.2. The van der Waals surface area contributed by atoms with Crippen molar-refractivity contribution < 1.29 is 0 Å². The summed E-state index contributed by atoms with van der Waals surface area (Å²) >= 11 is 7.40. The minimum absolute atomic E-state index is 0.132. The monoisotopic (exact) mass is 443 g/mol. The third-order valence-corrected chi connectivity index (χ3v) is 5.40. The highest BCUT2D eigenvalue weighted by Crippen LogP contribution is 2.31. The lowest BCUT2D eigenvalue weighted by atomic mass is 10.3. The summed E-state index contributed by atoms with van der Waals surface area (Å²) in [5.41, 5.74) is 6.67. The number of nitrogens with one attached hydrogen (secondary N) is 1. The molecule has 12 heteroatoms. The molecule has 1 unspecified atom stereocenters. The first-order chi connectivity index (χ1) is 14.3. The minimum atomic E-state index is -0.285. The maximum absolute atomic E-state index is 12.6. The molecule has 3 aromatic heterocycles. The predicted octanol–water partition coefficient (Wildman–Crippen LogP) is 2.45. The van der Waals surface area contributed by atoms with Gasteiger partial charge in [0.2, 0.25) is 11.9 Å². The van der Waals surface area contributed by atoms with E-state index >= 15 is 0 Å². The molecule has 0 saturated carbocycles. The van der Waals surface area contributed by atoms with Crippen molar-refractivity contribution in [2.45, 2.75) is 17.3 Å². The SMILES string of the molecule is CC(Sc1nc2c(cnn2-c2cccc(Cl)c2)c(=O)[nH]1)c1nc(N)nc(N(C)C)n1. The van der Waals surface area contributed by atoms with E-state index in [1.54, 1.807) is 21.7 Å². The van der Waals surface area contributed by atoms with Crippen LogP contribution in [0.2, 0.25) is 5.02 Å². The molecule has 0 radical (unpaired) electrons. The van der Waals surface area contributed by atoms with E-state index in [2.05, 4.69) is 30.0 Å². The van der Waals surface area contributed by atoms with Crippen molar-refractivity contribution in [3.63, 3.8) is 0 Å². The number of hydrogen-bond donors (Lipinski definition) is 2. The highest BCUT2D eigenvalue weighted by Gasteiger charge is 2.18. The fourth-order valence-electron chi connectivity index (χ4n) is 2.75. The number of thioether (sulfide) groups is 1. The zero-order chi connectivity index (χ0) is 21.4. The van der Waals surface area contributed by atoms with Crippen LogP contribution in [0, 0.1) is 0 Å². The Morgan fingerprint density at radius 3 is 2.77 bits per heavy atom. The van der Waals surface area contributed by atoms with Crippen LogP contribution in [-0.2, 0) is 0 Å². The Balaban J connectivity index is 1.72. The van der Waals surface area contributed by atoms with E-state index in [9.17, 15) is 4.79 Å². The van der Waals surface area contributed by atoms with Gasteiger partial charge in [-0.3, -0.25) is 4.79 Å². The number of nitrogen functional groups attached to an aromatic ring is 1. The molecule has 0 fully saturated rings. The van der Waals surface area contributed by atoms with Gasteiger partial charge in [-0.05, 0) is 25.1 Å². The maximum Gasteiger partial charge on any atom is 0.262 e. The third kappa shape index (κ3) is 3.94. The summed E-state index contributed by atoms with van der Waals surface area (Å²) in [7, 11) is 3.64. The molecular formula is C18H18ClN9OS. The number of aromatic amines is 1. The van der Waals surface area contributed by atoms with Gasteiger partial charge in [0.15, 0.2) is 10.8 Å². The van der Waals surface area contributed by atoms with Gasteiger partial charge in [0.25, 0.3) is 5.56 Å². The Hall–Kier alpha value is -3.18. The van der Waals surface area contributed by atoms with E-state index in [4.69, 9.17) is 17.3 Å². The van der Waals surface area contributed by atoms with Crippen LogP contribution in [0.15, 0.2) is 40.4 Å². The summed E-state index contributed by atoms with van der Waals surface area (Å²) in [5.74, 6) is 1.08. The summed E-state index contributed by atoms with van der Waals surface area (Å²) in [6.45, 7) is 1.90. The average Bonchev–Trinajstić information content (AvgIpc) is 3.12. The highest BCUT2D eigenvalue weighted by molar-refractivity contribution is 7.99. The minimum Gasteiger partial charge on any atom is -0.368 e. The van der Waals surface area contributed by atoms with Gasteiger partial charge in [-0.2, -0.15) is 20.1 Å². The molecule has 4 aromatic rings. The smallest absolute Gasteiger partial charge is 0.262 e. The van der Waals surface area contributed by atoms with Gasteiger partial charge in [0.05, 0.1) is 17.1 Å². The van der Waals surface area contributed by atoms with Gasteiger partial charge in [-0.15, -0.1) is 0 Å². The van der Waals surface area contributed by atoms with Crippen molar-refractivity contribution in [3.8, 4) is 5.69 Å².